The van der Waals surface area contributed by atoms with E-state index in [-0.39, 0.29) is 17.9 Å². The van der Waals surface area contributed by atoms with Crippen LogP contribution in [0.5, 0.6) is 0 Å². The maximum absolute atomic E-state index is 12.6. The monoisotopic (exact) mass is 294 g/mol. The van der Waals surface area contributed by atoms with Gasteiger partial charge in [0.25, 0.3) is 0 Å². The van der Waals surface area contributed by atoms with E-state index in [1.807, 2.05) is 0 Å². The number of hydrogen-bond donors (Lipinski definition) is 2. The van der Waals surface area contributed by atoms with Gasteiger partial charge in [-0.25, -0.2) is 0 Å². The molecule has 0 aromatic heterocycles. The molecule has 114 valence electrons. The minimum atomic E-state index is -4.73. The number of rotatable bonds is 3. The number of nitrogens with one attached hydrogen (secondary N) is 1. The van der Waals surface area contributed by atoms with Crippen molar-refractivity contribution in [3.8, 4) is 0 Å². The van der Waals surface area contributed by atoms with E-state index in [0.717, 1.165) is 0 Å². The van der Waals surface area contributed by atoms with Gasteiger partial charge in [-0.15, -0.1) is 0 Å². The molecule has 2 fully saturated rings. The van der Waals surface area contributed by atoms with Gasteiger partial charge in [-0.05, 0) is 18.8 Å². The lowest BCUT2D eigenvalue weighted by molar-refractivity contribution is -0.197. The van der Waals surface area contributed by atoms with Gasteiger partial charge in [0.1, 0.15) is 0 Å². The lowest BCUT2D eigenvalue weighted by Gasteiger charge is -2.42. The molecule has 0 saturated carbocycles. The summed E-state index contributed by atoms with van der Waals surface area (Å²) in [5.74, 6) is -4.09. The molecule has 0 radical (unpaired) electrons. The Hall–Kier alpha value is -1.31. The second-order valence-electron chi connectivity index (χ2n) is 5.45. The third-order valence-corrected chi connectivity index (χ3v) is 4.04. The van der Waals surface area contributed by atoms with Crippen molar-refractivity contribution in [3.05, 3.63) is 0 Å². The molecule has 0 aliphatic carbocycles. The van der Waals surface area contributed by atoms with E-state index in [2.05, 4.69) is 5.32 Å². The van der Waals surface area contributed by atoms with E-state index >= 15 is 0 Å². The zero-order chi connectivity index (χ0) is 14.9. The molecule has 8 heteroatoms. The van der Waals surface area contributed by atoms with Gasteiger partial charge in [-0.1, -0.05) is 0 Å². The molecule has 20 heavy (non-hydrogen) atoms. The fourth-order valence-corrected chi connectivity index (χ4v) is 2.93. The van der Waals surface area contributed by atoms with Crippen molar-refractivity contribution < 1.29 is 27.9 Å². The molecule has 5 nitrogen and oxygen atoms in total. The minimum absolute atomic E-state index is 0.0154. The van der Waals surface area contributed by atoms with Crippen LogP contribution in [-0.2, 0) is 9.59 Å². The number of carbonyl (C=O) groups excluding carboxylic acids is 1. The van der Waals surface area contributed by atoms with Crippen LogP contribution >= 0.6 is 0 Å². The Labute approximate surface area is 114 Å². The lowest BCUT2D eigenvalue weighted by atomic mass is 9.85. The maximum atomic E-state index is 12.6. The van der Waals surface area contributed by atoms with Crippen LogP contribution in [0, 0.1) is 11.8 Å². The summed E-state index contributed by atoms with van der Waals surface area (Å²) in [6.07, 6.45) is -3.13. The molecule has 3 atom stereocenters. The van der Waals surface area contributed by atoms with Crippen LogP contribution in [0.25, 0.3) is 0 Å². The molecule has 0 aromatic carbocycles. The molecular formula is C12H17F3N2O3. The molecule has 3 unspecified atom stereocenters. The van der Waals surface area contributed by atoms with E-state index in [4.69, 9.17) is 5.11 Å². The molecule has 2 aliphatic rings. The van der Waals surface area contributed by atoms with Crippen molar-refractivity contribution in [2.24, 2.45) is 11.8 Å². The van der Waals surface area contributed by atoms with Crippen molar-refractivity contribution >= 4 is 11.9 Å². The number of hydrogen-bond acceptors (Lipinski definition) is 3. The number of amides is 1. The summed E-state index contributed by atoms with van der Waals surface area (Å²) in [5.41, 5.74) is 0. The first kappa shape index (κ1) is 15.1. The predicted molar refractivity (Wildman–Crippen MR) is 62.9 cm³/mol. The largest absolute Gasteiger partial charge is 0.481 e. The van der Waals surface area contributed by atoms with Gasteiger partial charge < -0.3 is 15.3 Å². The highest BCUT2D eigenvalue weighted by Gasteiger charge is 2.47. The van der Waals surface area contributed by atoms with Gasteiger partial charge in [0.05, 0.1) is 0 Å². The summed E-state index contributed by atoms with van der Waals surface area (Å²) in [5, 5.41) is 11.5. The van der Waals surface area contributed by atoms with Crippen molar-refractivity contribution in [3.63, 3.8) is 0 Å². The van der Waals surface area contributed by atoms with E-state index in [1.165, 1.54) is 0 Å². The van der Waals surface area contributed by atoms with Crippen molar-refractivity contribution in [2.45, 2.75) is 31.5 Å². The minimum Gasteiger partial charge on any atom is -0.481 e. The number of carboxylic acids is 1. The average Bonchev–Trinajstić information content (AvgIpc) is 2.34. The van der Waals surface area contributed by atoms with Crippen LogP contribution in [-0.4, -0.2) is 53.7 Å². The Bertz CT molecular complexity index is 400. The van der Waals surface area contributed by atoms with Gasteiger partial charge in [0.2, 0.25) is 5.91 Å². The molecule has 2 heterocycles. The zero-order valence-electron chi connectivity index (χ0n) is 10.8. The first-order valence-corrected chi connectivity index (χ1v) is 6.58. The molecule has 0 spiro atoms. The van der Waals surface area contributed by atoms with Crippen molar-refractivity contribution in [1.29, 1.82) is 0 Å². The number of piperidine rings is 2. The summed E-state index contributed by atoms with van der Waals surface area (Å²) >= 11 is 0. The number of fused-ring (bicyclic) bond motifs is 1. The van der Waals surface area contributed by atoms with Crippen LogP contribution in [0.2, 0.25) is 0 Å². The first-order valence-electron chi connectivity index (χ1n) is 6.58. The highest BCUT2D eigenvalue weighted by molar-refractivity contribution is 5.77. The normalized spacial score (nSPS) is 29.4. The molecule has 2 rings (SSSR count). The quantitative estimate of drug-likeness (QED) is 0.809. The molecular weight excluding hydrogens is 277 g/mol. The summed E-state index contributed by atoms with van der Waals surface area (Å²) < 4.78 is 37.9. The molecule has 2 aliphatic heterocycles. The van der Waals surface area contributed by atoms with Gasteiger partial charge in [0, 0.05) is 32.1 Å². The van der Waals surface area contributed by atoms with Crippen LogP contribution < -0.4 is 5.32 Å². The average molecular weight is 294 g/mol. The lowest BCUT2D eigenvalue weighted by Crippen LogP contribution is -2.55. The third-order valence-electron chi connectivity index (χ3n) is 4.04. The Morgan fingerprint density at radius 3 is 2.75 bits per heavy atom. The summed E-state index contributed by atoms with van der Waals surface area (Å²) in [6.45, 7) is 0.266. The third kappa shape index (κ3) is 3.41. The van der Waals surface area contributed by atoms with Gasteiger partial charge in [0.15, 0.2) is 5.92 Å². The maximum Gasteiger partial charge on any atom is 0.403 e. The van der Waals surface area contributed by atoms with Gasteiger partial charge >= 0.3 is 12.1 Å². The summed E-state index contributed by atoms with van der Waals surface area (Å²) in [4.78, 5) is 23.5. The number of halogens is 3. The number of carboxylic acid groups (broad SMARTS) is 1. The van der Waals surface area contributed by atoms with E-state index < -0.39 is 24.6 Å². The van der Waals surface area contributed by atoms with E-state index in [1.54, 1.807) is 4.90 Å². The summed E-state index contributed by atoms with van der Waals surface area (Å²) in [6, 6.07) is 0.0154. The molecule has 0 aromatic rings. The Balaban J connectivity index is 1.95. The zero-order valence-corrected chi connectivity index (χ0v) is 10.8. The standard InChI is InChI=1S/C12H17F3N2O3/c13-12(14,15)8(11(19)20)6-17-4-3-9-7(5-17)1-2-10(18)16-9/h7-9H,1-6H2,(H,16,18)(H,19,20). The SMILES string of the molecule is O=C1CCC2CN(CC(C(=O)O)C(F)(F)F)CCC2N1. The Morgan fingerprint density at radius 2 is 2.15 bits per heavy atom. The van der Waals surface area contributed by atoms with Gasteiger partial charge in [-0.2, -0.15) is 13.2 Å². The van der Waals surface area contributed by atoms with E-state index in [9.17, 15) is 22.8 Å². The molecule has 0 bridgehead atoms. The fraction of sp³-hybridized carbons (Fsp3) is 0.833. The van der Waals surface area contributed by atoms with E-state index in [0.29, 0.717) is 32.4 Å². The number of carbonyl (C=O) groups is 2. The van der Waals surface area contributed by atoms with Crippen LogP contribution in [0.4, 0.5) is 13.2 Å². The van der Waals surface area contributed by atoms with Crippen molar-refractivity contribution in [2.75, 3.05) is 19.6 Å². The predicted octanol–water partition coefficient (Wildman–Crippen LogP) is 0.850. The number of likely N-dealkylation sites (tertiary alicyclic amines) is 1. The smallest absolute Gasteiger partial charge is 0.403 e. The number of aliphatic carboxylic acids is 1. The number of nitrogens with zero attached hydrogens (tertiary/aromatic N) is 1. The Kier molecular flexibility index (Phi) is 4.22. The highest BCUT2D eigenvalue weighted by atomic mass is 19.4. The Morgan fingerprint density at radius 1 is 1.45 bits per heavy atom. The van der Waals surface area contributed by atoms with Crippen LogP contribution in [0.1, 0.15) is 19.3 Å². The summed E-state index contributed by atoms with van der Waals surface area (Å²) in [7, 11) is 0. The molecule has 2 saturated heterocycles. The first-order chi connectivity index (χ1) is 9.27. The van der Waals surface area contributed by atoms with Crippen LogP contribution in [0.15, 0.2) is 0 Å². The van der Waals surface area contributed by atoms with Crippen molar-refractivity contribution in [1.82, 2.24) is 10.2 Å². The second kappa shape index (κ2) is 5.59. The molecule has 1 amide bonds. The topological polar surface area (TPSA) is 69.6 Å². The number of alkyl halides is 3. The molecule has 2 N–H and O–H groups in total. The second-order valence-corrected chi connectivity index (χ2v) is 5.45. The van der Waals surface area contributed by atoms with Gasteiger partial charge in [-0.3, -0.25) is 9.59 Å². The highest BCUT2D eigenvalue weighted by Crippen LogP contribution is 2.30. The fourth-order valence-electron chi connectivity index (χ4n) is 2.93. The van der Waals surface area contributed by atoms with Crippen LogP contribution in [0.3, 0.4) is 0 Å².